The van der Waals surface area contributed by atoms with Crippen molar-refractivity contribution in [3.05, 3.63) is 29.8 Å². The van der Waals surface area contributed by atoms with Crippen LogP contribution in [0.25, 0.3) is 0 Å². The Hall–Kier alpha value is -0.893. The lowest BCUT2D eigenvalue weighted by atomic mass is 10.2. The van der Waals surface area contributed by atoms with Crippen LogP contribution in [0.15, 0.2) is 29.3 Å². The third-order valence-electron chi connectivity index (χ3n) is 3.83. The van der Waals surface area contributed by atoms with Crippen molar-refractivity contribution in [2.45, 2.75) is 38.9 Å². The largest absolute Gasteiger partial charge is 0.296 e. The lowest BCUT2D eigenvalue weighted by molar-refractivity contribution is 1.19. The van der Waals surface area contributed by atoms with Crippen LogP contribution in [-0.2, 0) is 0 Å². The predicted molar refractivity (Wildman–Crippen MR) is 76.8 cm³/mol. The van der Waals surface area contributed by atoms with E-state index in [0.29, 0.717) is 0 Å². The summed E-state index contributed by atoms with van der Waals surface area (Å²) in [6.07, 6.45) is 2.01. The van der Waals surface area contributed by atoms with Crippen molar-refractivity contribution < 1.29 is 0 Å². The number of benzene rings is 1. The van der Waals surface area contributed by atoms with Gasteiger partial charge in [0.1, 0.15) is 0 Å². The van der Waals surface area contributed by atoms with Crippen molar-refractivity contribution in [1.82, 2.24) is 0 Å². The van der Waals surface area contributed by atoms with Gasteiger partial charge in [-0.2, -0.15) is 0 Å². The van der Waals surface area contributed by atoms with Gasteiger partial charge in [0.05, 0.1) is 8.07 Å². The molecule has 88 valence electrons. The molecule has 0 aromatic heterocycles. The molecule has 0 spiro atoms. The highest BCUT2D eigenvalue weighted by Gasteiger charge is 2.30. The van der Waals surface area contributed by atoms with Crippen molar-refractivity contribution in [2.24, 2.45) is 4.99 Å². The van der Waals surface area contributed by atoms with E-state index in [9.17, 15) is 0 Å². The van der Waals surface area contributed by atoms with E-state index >= 15 is 0 Å². The zero-order valence-corrected chi connectivity index (χ0v) is 12.0. The van der Waals surface area contributed by atoms with Gasteiger partial charge in [0.2, 0.25) is 0 Å². The minimum absolute atomic E-state index is 1.27. The number of hydrogen-bond acceptors (Lipinski definition) is 1. The molecule has 0 saturated carbocycles. The number of hydrogen-bond donors (Lipinski definition) is 0. The molecule has 0 aliphatic rings. The summed E-state index contributed by atoms with van der Waals surface area (Å²) in [6.45, 7) is 7.04. The Balaban J connectivity index is 3.28. The maximum absolute atomic E-state index is 4.18. The van der Waals surface area contributed by atoms with Crippen LogP contribution in [0.5, 0.6) is 0 Å². The quantitative estimate of drug-likeness (QED) is 0.545. The fourth-order valence-corrected chi connectivity index (χ4v) is 6.41. The normalized spacial score (nSPS) is 12.2. The van der Waals surface area contributed by atoms with Gasteiger partial charge in [-0.1, -0.05) is 68.4 Å². The molecule has 0 aliphatic heterocycles. The van der Waals surface area contributed by atoms with Crippen LogP contribution in [-0.4, -0.2) is 21.3 Å². The van der Waals surface area contributed by atoms with Gasteiger partial charge >= 0.3 is 0 Å². The highest BCUT2D eigenvalue weighted by molar-refractivity contribution is 6.92. The Morgan fingerprint density at radius 2 is 1.62 bits per heavy atom. The zero-order valence-electron chi connectivity index (χ0n) is 11.0. The van der Waals surface area contributed by atoms with E-state index in [1.165, 1.54) is 23.7 Å². The monoisotopic (exact) mass is 233 g/mol. The van der Waals surface area contributed by atoms with Crippen molar-refractivity contribution in [1.29, 1.82) is 0 Å². The van der Waals surface area contributed by atoms with E-state index in [2.05, 4.69) is 50.0 Å². The molecule has 1 nitrogen and oxygen atoms in total. The maximum Gasteiger partial charge on any atom is 0.0867 e. The Bertz CT molecular complexity index is 345. The molecule has 0 fully saturated rings. The SMILES string of the molecule is CC[Si](CC)(CC)c1ccccc1C=NC. The molecule has 0 N–H and O–H groups in total. The molecule has 2 heteroatoms. The molecule has 0 atom stereocenters. The van der Waals surface area contributed by atoms with E-state index in [0.717, 1.165) is 0 Å². The Morgan fingerprint density at radius 3 is 2.12 bits per heavy atom. The molecule has 0 bridgehead atoms. The smallest absolute Gasteiger partial charge is 0.0867 e. The summed E-state index contributed by atoms with van der Waals surface area (Å²) in [5.74, 6) is 0. The fraction of sp³-hybridized carbons (Fsp3) is 0.500. The van der Waals surface area contributed by atoms with E-state index in [1.807, 2.05) is 13.3 Å². The molecule has 0 heterocycles. The van der Waals surface area contributed by atoms with Gasteiger partial charge in [0.25, 0.3) is 0 Å². The van der Waals surface area contributed by atoms with Gasteiger partial charge in [0, 0.05) is 13.3 Å². The summed E-state index contributed by atoms with van der Waals surface area (Å²) < 4.78 is 0. The lowest BCUT2D eigenvalue weighted by Gasteiger charge is -2.30. The zero-order chi connectivity index (χ0) is 12.0. The van der Waals surface area contributed by atoms with Gasteiger partial charge < -0.3 is 0 Å². The van der Waals surface area contributed by atoms with Crippen molar-refractivity contribution in [3.63, 3.8) is 0 Å². The molecule has 0 amide bonds. The maximum atomic E-state index is 4.18. The first kappa shape index (κ1) is 13.2. The minimum Gasteiger partial charge on any atom is -0.296 e. The van der Waals surface area contributed by atoms with Gasteiger partial charge in [-0.25, -0.2) is 0 Å². The predicted octanol–water partition coefficient (Wildman–Crippen LogP) is 3.45. The van der Waals surface area contributed by atoms with Crippen LogP contribution in [0.3, 0.4) is 0 Å². The molecule has 0 aliphatic carbocycles. The van der Waals surface area contributed by atoms with Crippen LogP contribution in [0.2, 0.25) is 18.1 Å². The van der Waals surface area contributed by atoms with Gasteiger partial charge in [-0.3, -0.25) is 4.99 Å². The molecular formula is C14H23NSi. The fourth-order valence-electron chi connectivity index (χ4n) is 2.55. The molecule has 0 saturated heterocycles. The lowest BCUT2D eigenvalue weighted by Crippen LogP contribution is -2.47. The van der Waals surface area contributed by atoms with Gasteiger partial charge in [-0.05, 0) is 5.56 Å². The summed E-state index contributed by atoms with van der Waals surface area (Å²) >= 11 is 0. The van der Waals surface area contributed by atoms with Crippen molar-refractivity contribution >= 4 is 19.5 Å². The molecule has 1 aromatic rings. The van der Waals surface area contributed by atoms with Crippen LogP contribution in [0.1, 0.15) is 26.3 Å². The Morgan fingerprint density at radius 1 is 1.06 bits per heavy atom. The summed E-state index contributed by atoms with van der Waals surface area (Å²) in [5.41, 5.74) is 1.34. The van der Waals surface area contributed by atoms with Crippen LogP contribution >= 0.6 is 0 Å². The second-order valence-electron chi connectivity index (χ2n) is 4.32. The van der Waals surface area contributed by atoms with Crippen LogP contribution in [0, 0.1) is 0 Å². The highest BCUT2D eigenvalue weighted by Crippen LogP contribution is 2.21. The number of nitrogens with zero attached hydrogens (tertiary/aromatic N) is 1. The topological polar surface area (TPSA) is 12.4 Å². The first-order valence-electron chi connectivity index (χ1n) is 6.25. The second-order valence-corrected chi connectivity index (χ2v) is 9.54. The first-order valence-corrected chi connectivity index (χ1v) is 8.87. The van der Waals surface area contributed by atoms with Crippen molar-refractivity contribution in [2.75, 3.05) is 7.05 Å². The molecule has 1 rings (SSSR count). The average molecular weight is 233 g/mol. The van der Waals surface area contributed by atoms with E-state index in [4.69, 9.17) is 0 Å². The number of aliphatic imine (C=N–C) groups is 1. The van der Waals surface area contributed by atoms with Crippen LogP contribution in [0.4, 0.5) is 0 Å². The second kappa shape index (κ2) is 5.99. The molecule has 0 radical (unpaired) electrons. The van der Waals surface area contributed by atoms with Crippen LogP contribution < -0.4 is 5.19 Å². The van der Waals surface area contributed by atoms with E-state index in [-0.39, 0.29) is 0 Å². The molecule has 1 aromatic carbocycles. The minimum atomic E-state index is -1.27. The Kier molecular flexibility index (Phi) is 4.94. The summed E-state index contributed by atoms with van der Waals surface area (Å²) in [4.78, 5) is 4.18. The standard InChI is InChI=1S/C14H23NSi/c1-5-16(6-2,7-3)14-11-9-8-10-13(14)12-15-4/h8-12H,5-7H2,1-4H3. The summed E-state index contributed by atoms with van der Waals surface area (Å²) in [7, 11) is 0.584. The molecule has 16 heavy (non-hydrogen) atoms. The number of rotatable bonds is 5. The van der Waals surface area contributed by atoms with E-state index < -0.39 is 8.07 Å². The third-order valence-corrected chi connectivity index (χ3v) is 9.49. The highest BCUT2D eigenvalue weighted by atomic mass is 28.3. The summed E-state index contributed by atoms with van der Waals surface area (Å²) in [6, 6.07) is 12.8. The van der Waals surface area contributed by atoms with Gasteiger partial charge in [0.15, 0.2) is 0 Å². The average Bonchev–Trinajstić information content (AvgIpc) is 2.34. The Labute approximate surface area is 101 Å². The first-order chi connectivity index (χ1) is 7.74. The van der Waals surface area contributed by atoms with Crippen molar-refractivity contribution in [3.8, 4) is 0 Å². The van der Waals surface area contributed by atoms with E-state index in [1.54, 1.807) is 5.19 Å². The third kappa shape index (κ3) is 2.43. The summed E-state index contributed by atoms with van der Waals surface area (Å²) in [5, 5.41) is 1.59. The molecule has 0 unspecified atom stereocenters. The molecular weight excluding hydrogens is 210 g/mol. The van der Waals surface area contributed by atoms with Gasteiger partial charge in [-0.15, -0.1) is 0 Å².